The zero-order chi connectivity index (χ0) is 14.0. The first-order valence-electron chi connectivity index (χ1n) is 5.84. The van der Waals surface area contributed by atoms with Gasteiger partial charge in [-0.15, -0.1) is 0 Å². The number of carbonyl (C=O) groups excluding carboxylic acids is 1. The molecule has 1 aromatic heterocycles. The van der Waals surface area contributed by atoms with Crippen LogP contribution < -0.4 is 5.32 Å². The molecule has 0 aliphatic heterocycles. The number of hydrogen-bond acceptors (Lipinski definition) is 1. The Morgan fingerprint density at radius 2 is 2.00 bits per heavy atom. The summed E-state index contributed by atoms with van der Waals surface area (Å²) >= 11 is 11.9. The molecule has 1 N–H and O–H groups in total. The monoisotopic (exact) mass is 296 g/mol. The number of carbonyl (C=O) groups is 1. The largest absolute Gasteiger partial charge is 0.350 e. The van der Waals surface area contributed by atoms with E-state index in [2.05, 4.69) is 5.32 Å². The second-order valence-corrected chi connectivity index (χ2v) is 5.09. The van der Waals surface area contributed by atoms with Crippen molar-refractivity contribution in [3.63, 3.8) is 0 Å². The third-order valence-electron chi connectivity index (χ3n) is 3.10. The molecule has 100 valence electrons. The first kappa shape index (κ1) is 14.0. The van der Waals surface area contributed by atoms with Crippen molar-refractivity contribution in [2.75, 3.05) is 0 Å². The van der Waals surface area contributed by atoms with E-state index < -0.39 is 0 Å². The number of aryl methyl sites for hydroxylation is 1. The van der Waals surface area contributed by atoms with Gasteiger partial charge in [0.05, 0.1) is 22.2 Å². The summed E-state index contributed by atoms with van der Waals surface area (Å²) in [5, 5.41) is 3.50. The van der Waals surface area contributed by atoms with Crippen LogP contribution >= 0.6 is 23.2 Å². The molecule has 5 heteroatoms. The summed E-state index contributed by atoms with van der Waals surface area (Å²) in [6.07, 6.45) is 0. The molecule has 3 nitrogen and oxygen atoms in total. The number of hydrogen-bond donors (Lipinski definition) is 1. The molecule has 0 saturated carbocycles. The topological polar surface area (TPSA) is 34.0 Å². The predicted octanol–water partition coefficient (Wildman–Crippen LogP) is 3.57. The fourth-order valence-corrected chi connectivity index (χ4v) is 2.18. The molecule has 0 saturated heterocycles. The minimum atomic E-state index is -0.230. The van der Waals surface area contributed by atoms with E-state index in [0.29, 0.717) is 17.1 Å². The Labute approximate surface area is 122 Å². The van der Waals surface area contributed by atoms with Crippen molar-refractivity contribution in [2.45, 2.75) is 13.5 Å². The molecule has 0 aliphatic rings. The summed E-state index contributed by atoms with van der Waals surface area (Å²) in [4.78, 5) is 12.0. The van der Waals surface area contributed by atoms with Gasteiger partial charge in [-0.3, -0.25) is 4.79 Å². The van der Waals surface area contributed by atoms with Crippen molar-refractivity contribution in [3.8, 4) is 0 Å². The molecule has 0 unspecified atom stereocenters. The molecule has 0 aliphatic carbocycles. The highest BCUT2D eigenvalue weighted by molar-refractivity contribution is 6.43. The maximum Gasteiger partial charge on any atom is 0.253 e. The van der Waals surface area contributed by atoms with Crippen LogP contribution in [0, 0.1) is 6.92 Å². The van der Waals surface area contributed by atoms with Crippen LogP contribution in [0.2, 0.25) is 10.0 Å². The molecule has 0 radical (unpaired) electrons. The standard InChI is InChI=1S/C14H14Cl2N2O/c1-9-6-7-10(18(9)2)8-17-14(19)11-4-3-5-12(15)13(11)16/h3-7H,8H2,1-2H3,(H,17,19). The van der Waals surface area contributed by atoms with E-state index in [9.17, 15) is 4.79 Å². The highest BCUT2D eigenvalue weighted by Gasteiger charge is 2.12. The third kappa shape index (κ3) is 2.94. The lowest BCUT2D eigenvalue weighted by Gasteiger charge is -2.09. The van der Waals surface area contributed by atoms with Gasteiger partial charge >= 0.3 is 0 Å². The van der Waals surface area contributed by atoms with Crippen molar-refractivity contribution in [1.82, 2.24) is 9.88 Å². The highest BCUT2D eigenvalue weighted by atomic mass is 35.5. The van der Waals surface area contributed by atoms with Crippen molar-refractivity contribution < 1.29 is 4.79 Å². The number of benzene rings is 1. The van der Waals surface area contributed by atoms with E-state index in [0.717, 1.165) is 11.4 Å². The molecule has 1 heterocycles. The van der Waals surface area contributed by atoms with Gasteiger partial charge < -0.3 is 9.88 Å². The van der Waals surface area contributed by atoms with Crippen LogP contribution in [0.4, 0.5) is 0 Å². The van der Waals surface area contributed by atoms with Crippen molar-refractivity contribution in [3.05, 3.63) is 57.3 Å². The van der Waals surface area contributed by atoms with E-state index >= 15 is 0 Å². The zero-order valence-corrected chi connectivity index (χ0v) is 12.2. The summed E-state index contributed by atoms with van der Waals surface area (Å²) in [6.45, 7) is 2.46. The fourth-order valence-electron chi connectivity index (χ4n) is 1.79. The lowest BCUT2D eigenvalue weighted by Crippen LogP contribution is -2.24. The summed E-state index contributed by atoms with van der Waals surface area (Å²) in [5.74, 6) is -0.230. The van der Waals surface area contributed by atoms with E-state index in [1.54, 1.807) is 18.2 Å². The highest BCUT2D eigenvalue weighted by Crippen LogP contribution is 2.25. The van der Waals surface area contributed by atoms with Gasteiger partial charge in [0, 0.05) is 18.4 Å². The number of aromatic nitrogens is 1. The molecule has 0 fully saturated rings. The van der Waals surface area contributed by atoms with Crippen LogP contribution in [-0.2, 0) is 13.6 Å². The first-order chi connectivity index (χ1) is 9.00. The van der Waals surface area contributed by atoms with Gasteiger partial charge in [0.15, 0.2) is 0 Å². The molecule has 1 amide bonds. The molecule has 1 aromatic carbocycles. The van der Waals surface area contributed by atoms with Crippen LogP contribution in [0.25, 0.3) is 0 Å². The van der Waals surface area contributed by atoms with E-state index in [-0.39, 0.29) is 10.9 Å². The van der Waals surface area contributed by atoms with Gasteiger partial charge in [-0.05, 0) is 31.2 Å². The third-order valence-corrected chi connectivity index (χ3v) is 3.92. The molecule has 0 spiro atoms. The minimum Gasteiger partial charge on any atom is -0.350 e. The number of nitrogens with one attached hydrogen (secondary N) is 1. The molecule has 0 bridgehead atoms. The lowest BCUT2D eigenvalue weighted by molar-refractivity contribution is 0.0950. The predicted molar refractivity (Wildman–Crippen MR) is 77.8 cm³/mol. The summed E-state index contributed by atoms with van der Waals surface area (Å²) in [6, 6.07) is 9.00. The van der Waals surface area contributed by atoms with Crippen LogP contribution in [0.5, 0.6) is 0 Å². The summed E-state index contributed by atoms with van der Waals surface area (Å²) in [7, 11) is 1.96. The average Bonchev–Trinajstić information content (AvgIpc) is 2.70. The SMILES string of the molecule is Cc1ccc(CNC(=O)c2cccc(Cl)c2Cl)n1C. The normalized spacial score (nSPS) is 10.5. The number of amides is 1. The second-order valence-electron chi connectivity index (χ2n) is 4.31. The van der Waals surface area contributed by atoms with E-state index in [1.807, 2.05) is 30.7 Å². The Kier molecular flexibility index (Phi) is 4.17. The summed E-state index contributed by atoms with van der Waals surface area (Å²) in [5.41, 5.74) is 2.56. The van der Waals surface area contributed by atoms with Gasteiger partial charge in [0.25, 0.3) is 5.91 Å². The Hall–Kier alpha value is -1.45. The second kappa shape index (κ2) is 5.68. The Bertz CT molecular complexity index is 620. The van der Waals surface area contributed by atoms with Gasteiger partial charge in [-0.1, -0.05) is 29.3 Å². The Morgan fingerprint density at radius 1 is 1.26 bits per heavy atom. The van der Waals surface area contributed by atoms with Gasteiger partial charge in [-0.2, -0.15) is 0 Å². The smallest absolute Gasteiger partial charge is 0.253 e. The number of rotatable bonds is 3. The van der Waals surface area contributed by atoms with Crippen LogP contribution in [0.15, 0.2) is 30.3 Å². The number of halogens is 2. The molecule has 2 rings (SSSR count). The van der Waals surface area contributed by atoms with Crippen LogP contribution in [0.1, 0.15) is 21.7 Å². The maximum absolute atomic E-state index is 12.0. The van der Waals surface area contributed by atoms with Crippen molar-refractivity contribution >= 4 is 29.1 Å². The van der Waals surface area contributed by atoms with Crippen LogP contribution in [0.3, 0.4) is 0 Å². The van der Waals surface area contributed by atoms with E-state index in [1.165, 1.54) is 0 Å². The molecule has 2 aromatic rings. The zero-order valence-electron chi connectivity index (χ0n) is 10.7. The van der Waals surface area contributed by atoms with Crippen LogP contribution in [-0.4, -0.2) is 10.5 Å². The van der Waals surface area contributed by atoms with Crippen molar-refractivity contribution in [2.24, 2.45) is 7.05 Å². The lowest BCUT2D eigenvalue weighted by atomic mass is 10.2. The molecule has 0 atom stereocenters. The quantitative estimate of drug-likeness (QED) is 0.923. The Morgan fingerprint density at radius 3 is 2.63 bits per heavy atom. The molecular formula is C14H14Cl2N2O. The van der Waals surface area contributed by atoms with E-state index in [4.69, 9.17) is 23.2 Å². The van der Waals surface area contributed by atoms with Gasteiger partial charge in [0.1, 0.15) is 0 Å². The van der Waals surface area contributed by atoms with Gasteiger partial charge in [-0.25, -0.2) is 0 Å². The summed E-state index contributed by atoms with van der Waals surface area (Å²) < 4.78 is 2.03. The molecular weight excluding hydrogens is 283 g/mol. The Balaban J connectivity index is 2.10. The fraction of sp³-hybridized carbons (Fsp3) is 0.214. The van der Waals surface area contributed by atoms with Crippen molar-refractivity contribution in [1.29, 1.82) is 0 Å². The average molecular weight is 297 g/mol. The maximum atomic E-state index is 12.0. The minimum absolute atomic E-state index is 0.230. The van der Waals surface area contributed by atoms with Gasteiger partial charge in [0.2, 0.25) is 0 Å². The number of nitrogens with zero attached hydrogens (tertiary/aromatic N) is 1. The molecule has 19 heavy (non-hydrogen) atoms. The first-order valence-corrected chi connectivity index (χ1v) is 6.59.